The largest absolute Gasteiger partial charge is 0.0761 e. The molecule has 0 amide bonds. The lowest BCUT2D eigenvalue weighted by molar-refractivity contribution is 0.411. The number of unbranched alkanes of at least 4 members (excludes halogenated alkanes) is 1. The Hall–Kier alpha value is -1.04. The highest BCUT2D eigenvalue weighted by Gasteiger charge is 2.10. The van der Waals surface area contributed by atoms with E-state index in [2.05, 4.69) is 64.1 Å². The third kappa shape index (κ3) is 5.16. The summed E-state index contributed by atoms with van der Waals surface area (Å²) in [5.41, 5.74) is 2.96. The summed E-state index contributed by atoms with van der Waals surface area (Å²) < 4.78 is 0. The minimum absolute atomic E-state index is 0.364. The van der Waals surface area contributed by atoms with Crippen molar-refractivity contribution in [1.29, 1.82) is 0 Å². The summed E-state index contributed by atoms with van der Waals surface area (Å²) in [5.74, 6) is 0. The second-order valence-corrected chi connectivity index (χ2v) is 5.57. The normalized spacial score (nSPS) is 12.2. The summed E-state index contributed by atoms with van der Waals surface area (Å²) in [6, 6.07) is 8.75. The highest BCUT2D eigenvalue weighted by molar-refractivity contribution is 5.27. The van der Waals surface area contributed by atoms with Crippen LogP contribution in [0.5, 0.6) is 0 Å². The molecular weight excluding hydrogens is 192 g/mol. The van der Waals surface area contributed by atoms with Gasteiger partial charge in [0, 0.05) is 0 Å². The summed E-state index contributed by atoms with van der Waals surface area (Å²) >= 11 is 0. The van der Waals surface area contributed by atoms with Crippen LogP contribution in [0.2, 0.25) is 0 Å². The van der Waals surface area contributed by atoms with Crippen LogP contribution in [-0.4, -0.2) is 0 Å². The molecule has 1 aromatic rings. The first-order valence-electron chi connectivity index (χ1n) is 6.18. The maximum absolute atomic E-state index is 3.31. The molecule has 0 aliphatic rings. The molecule has 0 aliphatic carbocycles. The van der Waals surface area contributed by atoms with E-state index < -0.39 is 0 Å². The van der Waals surface area contributed by atoms with Crippen molar-refractivity contribution in [3.63, 3.8) is 0 Å². The lowest BCUT2D eigenvalue weighted by atomic mass is 9.88. The minimum Gasteiger partial charge on any atom is -0.0761 e. The molecule has 87 valence electrons. The Morgan fingerprint density at radius 1 is 1.12 bits per heavy atom. The van der Waals surface area contributed by atoms with E-state index in [1.807, 2.05) is 0 Å². The zero-order valence-corrected chi connectivity index (χ0v) is 11.0. The zero-order chi connectivity index (χ0) is 12.0. The third-order valence-corrected chi connectivity index (χ3v) is 2.39. The van der Waals surface area contributed by atoms with Gasteiger partial charge in [-0.05, 0) is 35.5 Å². The Labute approximate surface area is 100 Å². The molecule has 0 bridgehead atoms. The minimum atomic E-state index is 0.364. The number of hydrogen-bond donors (Lipinski definition) is 0. The quantitative estimate of drug-likeness (QED) is 0.678. The van der Waals surface area contributed by atoms with Gasteiger partial charge in [-0.2, -0.15) is 0 Å². The summed E-state index contributed by atoms with van der Waals surface area (Å²) in [5, 5.41) is 0. The number of hydrogen-bond acceptors (Lipinski definition) is 0. The number of rotatable bonds is 4. The van der Waals surface area contributed by atoms with Crippen LogP contribution in [0.15, 0.2) is 30.3 Å². The molecule has 0 N–H and O–H groups in total. The zero-order valence-electron chi connectivity index (χ0n) is 11.0. The van der Waals surface area contributed by atoms with Crippen molar-refractivity contribution in [3.8, 4) is 0 Å². The number of allylic oxidation sites excluding steroid dienone is 1. The SMILES string of the molecule is CCC/C=[C]\c1ccc(CC(C)(C)C)cc1. The summed E-state index contributed by atoms with van der Waals surface area (Å²) in [6.45, 7) is 9.00. The molecule has 0 heterocycles. The maximum Gasteiger partial charge on any atom is -0.0149 e. The highest BCUT2D eigenvalue weighted by atomic mass is 14.2. The molecule has 0 nitrogen and oxygen atoms in total. The first-order valence-corrected chi connectivity index (χ1v) is 6.18. The summed E-state index contributed by atoms with van der Waals surface area (Å²) in [4.78, 5) is 0. The smallest absolute Gasteiger partial charge is 0.0149 e. The van der Waals surface area contributed by atoms with Crippen molar-refractivity contribution in [2.24, 2.45) is 5.41 Å². The van der Waals surface area contributed by atoms with Gasteiger partial charge in [-0.3, -0.25) is 0 Å². The molecule has 16 heavy (non-hydrogen) atoms. The average Bonchev–Trinajstić information content (AvgIpc) is 2.19. The summed E-state index contributed by atoms with van der Waals surface area (Å²) in [7, 11) is 0. The predicted octanol–water partition coefficient (Wildman–Crippen LogP) is 4.78. The lowest BCUT2D eigenvalue weighted by Gasteiger charge is -2.17. The molecule has 0 unspecified atom stereocenters. The molecule has 0 saturated heterocycles. The van der Waals surface area contributed by atoms with Crippen LogP contribution in [-0.2, 0) is 6.42 Å². The van der Waals surface area contributed by atoms with Crippen molar-refractivity contribution in [3.05, 3.63) is 47.5 Å². The Kier molecular flexibility index (Phi) is 4.79. The molecular formula is C16H23. The predicted molar refractivity (Wildman–Crippen MR) is 71.4 cm³/mol. The van der Waals surface area contributed by atoms with Gasteiger partial charge in [-0.15, -0.1) is 0 Å². The monoisotopic (exact) mass is 215 g/mol. The van der Waals surface area contributed by atoms with Crippen molar-refractivity contribution >= 4 is 0 Å². The van der Waals surface area contributed by atoms with Gasteiger partial charge in [-0.1, -0.05) is 64.5 Å². The van der Waals surface area contributed by atoms with Crippen LogP contribution in [0.4, 0.5) is 0 Å². The highest BCUT2D eigenvalue weighted by Crippen LogP contribution is 2.20. The van der Waals surface area contributed by atoms with Crippen LogP contribution >= 0.6 is 0 Å². The van der Waals surface area contributed by atoms with Crippen LogP contribution in [0.3, 0.4) is 0 Å². The molecule has 1 radical (unpaired) electrons. The molecule has 0 fully saturated rings. The van der Waals surface area contributed by atoms with Crippen molar-refractivity contribution in [2.45, 2.75) is 47.0 Å². The summed E-state index contributed by atoms with van der Waals surface area (Å²) in [6.07, 6.45) is 8.87. The van der Waals surface area contributed by atoms with Crippen LogP contribution in [0, 0.1) is 11.5 Å². The molecule has 0 saturated carbocycles. The fourth-order valence-corrected chi connectivity index (χ4v) is 1.67. The standard InChI is InChI=1S/C16H23/c1-5-6-7-8-14-9-11-15(12-10-14)13-16(2,3)4/h7,9-12H,5-6,13H2,1-4H3. The second kappa shape index (κ2) is 5.89. The van der Waals surface area contributed by atoms with E-state index in [4.69, 9.17) is 0 Å². The molecule has 1 rings (SSSR count). The van der Waals surface area contributed by atoms with Gasteiger partial charge in [0.05, 0.1) is 0 Å². The molecule has 0 spiro atoms. The van der Waals surface area contributed by atoms with Crippen molar-refractivity contribution in [1.82, 2.24) is 0 Å². The van der Waals surface area contributed by atoms with Gasteiger partial charge in [0.2, 0.25) is 0 Å². The molecule has 0 aromatic heterocycles. The maximum atomic E-state index is 3.31. The van der Waals surface area contributed by atoms with E-state index in [0.717, 1.165) is 12.8 Å². The fraction of sp³-hybridized carbons (Fsp3) is 0.500. The van der Waals surface area contributed by atoms with E-state index >= 15 is 0 Å². The van der Waals surface area contributed by atoms with Gasteiger partial charge >= 0.3 is 0 Å². The Balaban J connectivity index is 2.61. The van der Waals surface area contributed by atoms with E-state index in [9.17, 15) is 0 Å². The van der Waals surface area contributed by atoms with Crippen LogP contribution < -0.4 is 0 Å². The number of benzene rings is 1. The van der Waals surface area contributed by atoms with E-state index in [1.54, 1.807) is 0 Å². The van der Waals surface area contributed by atoms with Gasteiger partial charge in [0.25, 0.3) is 0 Å². The topological polar surface area (TPSA) is 0 Å². The Bertz CT molecular complexity index is 322. The molecule has 1 aromatic carbocycles. The Morgan fingerprint density at radius 2 is 1.75 bits per heavy atom. The first-order chi connectivity index (χ1) is 7.51. The lowest BCUT2D eigenvalue weighted by Crippen LogP contribution is -2.08. The fourth-order valence-electron chi connectivity index (χ4n) is 1.67. The Morgan fingerprint density at radius 3 is 2.25 bits per heavy atom. The first kappa shape index (κ1) is 13.0. The van der Waals surface area contributed by atoms with Gasteiger partial charge < -0.3 is 0 Å². The van der Waals surface area contributed by atoms with Gasteiger partial charge in [0.15, 0.2) is 0 Å². The van der Waals surface area contributed by atoms with E-state index in [-0.39, 0.29) is 0 Å². The van der Waals surface area contributed by atoms with Crippen molar-refractivity contribution < 1.29 is 0 Å². The van der Waals surface area contributed by atoms with Crippen LogP contribution in [0.1, 0.15) is 51.7 Å². The molecule has 0 heteroatoms. The average molecular weight is 215 g/mol. The van der Waals surface area contributed by atoms with Gasteiger partial charge in [0.1, 0.15) is 0 Å². The molecule has 0 atom stereocenters. The van der Waals surface area contributed by atoms with Crippen molar-refractivity contribution in [2.75, 3.05) is 0 Å². The van der Waals surface area contributed by atoms with E-state index in [0.29, 0.717) is 5.41 Å². The van der Waals surface area contributed by atoms with Crippen LogP contribution in [0.25, 0.3) is 0 Å². The third-order valence-electron chi connectivity index (χ3n) is 2.39. The molecule has 0 aliphatic heterocycles. The van der Waals surface area contributed by atoms with Gasteiger partial charge in [-0.25, -0.2) is 0 Å². The second-order valence-electron chi connectivity index (χ2n) is 5.57. The van der Waals surface area contributed by atoms with E-state index in [1.165, 1.54) is 17.5 Å².